The first kappa shape index (κ1) is 15.0. The van der Waals surface area contributed by atoms with Crippen LogP contribution < -0.4 is 5.32 Å². The Bertz CT molecular complexity index is 516. The van der Waals surface area contributed by atoms with Crippen LogP contribution in [-0.4, -0.2) is 23.4 Å². The van der Waals surface area contributed by atoms with E-state index in [0.29, 0.717) is 6.54 Å². The minimum atomic E-state index is -0.00248. The highest BCUT2D eigenvalue weighted by Crippen LogP contribution is 2.33. The number of amides is 1. The van der Waals surface area contributed by atoms with Crippen LogP contribution in [-0.2, 0) is 4.79 Å². The molecule has 1 fully saturated rings. The summed E-state index contributed by atoms with van der Waals surface area (Å²) in [7, 11) is 0. The molecule has 3 heteroatoms. The molecule has 3 nitrogen and oxygen atoms in total. The molecule has 1 aliphatic heterocycles. The van der Waals surface area contributed by atoms with Crippen molar-refractivity contribution in [3.05, 3.63) is 34.9 Å². The number of carbonyl (C=O) groups excluding carboxylic acids is 1. The molecule has 0 bridgehead atoms. The monoisotopic (exact) mass is 274 g/mol. The lowest BCUT2D eigenvalue weighted by molar-refractivity contribution is -0.132. The Morgan fingerprint density at radius 1 is 1.30 bits per heavy atom. The summed E-state index contributed by atoms with van der Waals surface area (Å²) in [5.74, 6) is 0.192. The zero-order valence-electron chi connectivity index (χ0n) is 13.4. The first-order valence-corrected chi connectivity index (χ1v) is 7.33. The number of nitrogens with zero attached hydrogens (tertiary/aromatic N) is 1. The van der Waals surface area contributed by atoms with Gasteiger partial charge in [-0.1, -0.05) is 44.5 Å². The summed E-state index contributed by atoms with van der Waals surface area (Å²) in [5.41, 5.74) is 3.77. The summed E-state index contributed by atoms with van der Waals surface area (Å²) in [5, 5.41) is 3.36. The largest absolute Gasteiger partial charge is 0.319 e. The number of nitrogens with one attached hydrogen (secondary N) is 1. The Morgan fingerprint density at radius 2 is 1.95 bits per heavy atom. The molecule has 1 aromatic carbocycles. The maximum absolute atomic E-state index is 12.3. The van der Waals surface area contributed by atoms with E-state index in [0.717, 1.165) is 0 Å². The SMILES string of the molecule is Cc1ccc(C2NCC(=O)N2C(C)C(C)(C)C)c(C)c1. The van der Waals surface area contributed by atoms with E-state index in [1.54, 1.807) is 0 Å². The van der Waals surface area contributed by atoms with Crippen LogP contribution in [0, 0.1) is 19.3 Å². The minimum absolute atomic E-state index is 0.00248. The van der Waals surface area contributed by atoms with Gasteiger partial charge in [-0.3, -0.25) is 10.1 Å². The van der Waals surface area contributed by atoms with E-state index in [1.165, 1.54) is 16.7 Å². The zero-order valence-corrected chi connectivity index (χ0v) is 13.4. The van der Waals surface area contributed by atoms with Gasteiger partial charge in [-0.2, -0.15) is 0 Å². The van der Waals surface area contributed by atoms with Gasteiger partial charge in [-0.15, -0.1) is 0 Å². The summed E-state index contributed by atoms with van der Waals surface area (Å²) in [6.45, 7) is 13.3. The van der Waals surface area contributed by atoms with E-state index < -0.39 is 0 Å². The molecule has 2 unspecified atom stereocenters. The van der Waals surface area contributed by atoms with Gasteiger partial charge in [-0.25, -0.2) is 0 Å². The minimum Gasteiger partial charge on any atom is -0.319 e. The molecule has 20 heavy (non-hydrogen) atoms. The van der Waals surface area contributed by atoms with Crippen molar-refractivity contribution in [2.24, 2.45) is 5.41 Å². The van der Waals surface area contributed by atoms with E-state index in [2.05, 4.69) is 65.1 Å². The number of benzene rings is 1. The van der Waals surface area contributed by atoms with Crippen molar-refractivity contribution in [3.63, 3.8) is 0 Å². The fourth-order valence-corrected chi connectivity index (χ4v) is 2.77. The van der Waals surface area contributed by atoms with Crippen LogP contribution >= 0.6 is 0 Å². The molecule has 110 valence electrons. The van der Waals surface area contributed by atoms with Crippen LogP contribution in [0.15, 0.2) is 18.2 Å². The van der Waals surface area contributed by atoms with Gasteiger partial charge in [-0.05, 0) is 37.3 Å². The van der Waals surface area contributed by atoms with Gasteiger partial charge in [0.25, 0.3) is 0 Å². The third-order valence-electron chi connectivity index (χ3n) is 4.40. The first-order chi connectivity index (χ1) is 9.21. The number of hydrogen-bond donors (Lipinski definition) is 1. The number of aryl methyl sites for hydroxylation is 2. The molecule has 2 atom stereocenters. The second kappa shape index (κ2) is 5.21. The molecular weight excluding hydrogens is 248 g/mol. The van der Waals surface area contributed by atoms with Gasteiger partial charge in [0.2, 0.25) is 5.91 Å². The molecule has 1 heterocycles. The third kappa shape index (κ3) is 2.73. The average molecular weight is 274 g/mol. The molecule has 0 aliphatic carbocycles. The van der Waals surface area contributed by atoms with Gasteiger partial charge in [0, 0.05) is 6.04 Å². The summed E-state index contributed by atoms with van der Waals surface area (Å²) in [4.78, 5) is 14.3. The molecule has 1 N–H and O–H groups in total. The highest BCUT2D eigenvalue weighted by atomic mass is 16.2. The van der Waals surface area contributed by atoms with Crippen molar-refractivity contribution < 1.29 is 4.79 Å². The number of hydrogen-bond acceptors (Lipinski definition) is 2. The average Bonchev–Trinajstić information content (AvgIpc) is 2.69. The lowest BCUT2D eigenvalue weighted by atomic mass is 9.86. The Labute approximate surface area is 122 Å². The quantitative estimate of drug-likeness (QED) is 0.898. The van der Waals surface area contributed by atoms with Crippen molar-refractivity contribution in [3.8, 4) is 0 Å². The molecule has 0 radical (unpaired) electrons. The third-order valence-corrected chi connectivity index (χ3v) is 4.40. The van der Waals surface area contributed by atoms with E-state index in [9.17, 15) is 4.79 Å². The molecule has 1 aliphatic rings. The fraction of sp³-hybridized carbons (Fsp3) is 0.588. The second-order valence-corrected chi connectivity index (χ2v) is 6.99. The van der Waals surface area contributed by atoms with E-state index in [4.69, 9.17) is 0 Å². The van der Waals surface area contributed by atoms with Crippen LogP contribution in [0.1, 0.15) is 50.6 Å². The summed E-state index contributed by atoms with van der Waals surface area (Å²) < 4.78 is 0. The molecule has 0 aromatic heterocycles. The lowest BCUT2D eigenvalue weighted by Crippen LogP contribution is -2.45. The first-order valence-electron chi connectivity index (χ1n) is 7.33. The van der Waals surface area contributed by atoms with Crippen molar-refractivity contribution in [1.29, 1.82) is 0 Å². The Hall–Kier alpha value is -1.35. The van der Waals surface area contributed by atoms with Crippen molar-refractivity contribution in [2.75, 3.05) is 6.54 Å². The van der Waals surface area contributed by atoms with E-state index >= 15 is 0 Å². The lowest BCUT2D eigenvalue weighted by Gasteiger charge is -2.39. The molecule has 1 aromatic rings. The smallest absolute Gasteiger partial charge is 0.238 e. The van der Waals surface area contributed by atoms with Gasteiger partial charge in [0.05, 0.1) is 6.54 Å². The normalized spacial score (nSPS) is 21.4. The standard InChI is InChI=1S/C17H26N2O/c1-11-7-8-14(12(2)9-11)16-18-10-15(20)19(16)13(3)17(4,5)6/h7-9,13,16,18H,10H2,1-6H3. The molecular formula is C17H26N2O. The maximum Gasteiger partial charge on any atom is 0.238 e. The highest BCUT2D eigenvalue weighted by Gasteiger charge is 2.39. The molecule has 2 rings (SSSR count). The van der Waals surface area contributed by atoms with Crippen LogP contribution in [0.25, 0.3) is 0 Å². The van der Waals surface area contributed by atoms with Crippen molar-refractivity contribution >= 4 is 5.91 Å². The summed E-state index contributed by atoms with van der Waals surface area (Å²) >= 11 is 0. The van der Waals surface area contributed by atoms with E-state index in [-0.39, 0.29) is 23.5 Å². The zero-order chi connectivity index (χ0) is 15.1. The Kier molecular flexibility index (Phi) is 3.92. The second-order valence-electron chi connectivity index (χ2n) is 6.99. The predicted molar refractivity (Wildman–Crippen MR) is 82.4 cm³/mol. The van der Waals surface area contributed by atoms with Crippen molar-refractivity contribution in [2.45, 2.75) is 53.8 Å². The number of rotatable bonds is 2. The number of carbonyl (C=O) groups is 1. The van der Waals surface area contributed by atoms with E-state index in [1.807, 2.05) is 4.90 Å². The van der Waals surface area contributed by atoms with Gasteiger partial charge in [0.15, 0.2) is 0 Å². The molecule has 0 saturated carbocycles. The predicted octanol–water partition coefficient (Wildman–Crippen LogP) is 3.17. The fourth-order valence-electron chi connectivity index (χ4n) is 2.77. The van der Waals surface area contributed by atoms with Gasteiger partial charge < -0.3 is 4.90 Å². The Balaban J connectivity index is 2.37. The van der Waals surface area contributed by atoms with Gasteiger partial charge in [0.1, 0.15) is 6.17 Å². The summed E-state index contributed by atoms with van der Waals surface area (Å²) in [6, 6.07) is 6.63. The van der Waals surface area contributed by atoms with Crippen LogP contribution in [0.2, 0.25) is 0 Å². The molecule has 1 amide bonds. The summed E-state index contributed by atoms with van der Waals surface area (Å²) in [6.07, 6.45) is -0.00248. The highest BCUT2D eigenvalue weighted by molar-refractivity contribution is 5.81. The topological polar surface area (TPSA) is 32.3 Å². The maximum atomic E-state index is 12.3. The molecule has 1 saturated heterocycles. The Morgan fingerprint density at radius 3 is 2.50 bits per heavy atom. The van der Waals surface area contributed by atoms with Crippen LogP contribution in [0.4, 0.5) is 0 Å². The van der Waals surface area contributed by atoms with Crippen LogP contribution in [0.5, 0.6) is 0 Å². The van der Waals surface area contributed by atoms with Crippen LogP contribution in [0.3, 0.4) is 0 Å². The van der Waals surface area contributed by atoms with Crippen molar-refractivity contribution in [1.82, 2.24) is 10.2 Å². The molecule has 0 spiro atoms. The van der Waals surface area contributed by atoms with Gasteiger partial charge >= 0.3 is 0 Å².